The average Bonchev–Trinajstić information content (AvgIpc) is 2.62. The Balaban J connectivity index is 2.19. The molecule has 0 aromatic carbocycles. The summed E-state index contributed by atoms with van der Waals surface area (Å²) >= 11 is 0. The standard InChI is InChI=1S/C11H20N4/c1-8(2)10-13-11(15(3)14-10)9-5-4-6-12-7-9/h8-9,12H,4-7H2,1-3H3. The Morgan fingerprint density at radius 2 is 2.27 bits per heavy atom. The first kappa shape index (κ1) is 10.6. The van der Waals surface area contributed by atoms with Crippen LogP contribution < -0.4 is 5.32 Å². The van der Waals surface area contributed by atoms with Gasteiger partial charge in [-0.15, -0.1) is 0 Å². The lowest BCUT2D eigenvalue weighted by Gasteiger charge is -2.21. The summed E-state index contributed by atoms with van der Waals surface area (Å²) in [4.78, 5) is 4.64. The molecule has 0 radical (unpaired) electrons. The van der Waals surface area contributed by atoms with Crippen LogP contribution in [0.5, 0.6) is 0 Å². The normalized spacial score (nSPS) is 22.3. The minimum Gasteiger partial charge on any atom is -0.316 e. The van der Waals surface area contributed by atoms with Gasteiger partial charge in [0.15, 0.2) is 5.82 Å². The molecule has 1 N–H and O–H groups in total. The third-order valence-corrected chi connectivity index (χ3v) is 2.99. The molecule has 4 nitrogen and oxygen atoms in total. The van der Waals surface area contributed by atoms with Crippen molar-refractivity contribution in [3.8, 4) is 0 Å². The van der Waals surface area contributed by atoms with Crippen molar-refractivity contribution in [2.45, 2.75) is 38.5 Å². The van der Waals surface area contributed by atoms with E-state index >= 15 is 0 Å². The van der Waals surface area contributed by atoms with Crippen LogP contribution >= 0.6 is 0 Å². The molecule has 2 rings (SSSR count). The summed E-state index contributed by atoms with van der Waals surface area (Å²) in [5.74, 6) is 3.08. The van der Waals surface area contributed by atoms with E-state index in [4.69, 9.17) is 0 Å². The number of hydrogen-bond donors (Lipinski definition) is 1. The first-order valence-electron chi connectivity index (χ1n) is 5.80. The molecule has 2 heterocycles. The maximum absolute atomic E-state index is 4.64. The van der Waals surface area contributed by atoms with Crippen LogP contribution in [-0.2, 0) is 7.05 Å². The molecule has 1 unspecified atom stereocenters. The summed E-state index contributed by atoms with van der Waals surface area (Å²) in [5.41, 5.74) is 0. The van der Waals surface area contributed by atoms with Crippen LogP contribution in [-0.4, -0.2) is 27.9 Å². The van der Waals surface area contributed by atoms with Gasteiger partial charge >= 0.3 is 0 Å². The molecule has 1 aliphatic rings. The van der Waals surface area contributed by atoms with Crippen LogP contribution in [0.2, 0.25) is 0 Å². The maximum Gasteiger partial charge on any atom is 0.153 e. The number of hydrogen-bond acceptors (Lipinski definition) is 3. The van der Waals surface area contributed by atoms with E-state index in [2.05, 4.69) is 29.2 Å². The van der Waals surface area contributed by atoms with Gasteiger partial charge in [-0.3, -0.25) is 4.68 Å². The highest BCUT2D eigenvalue weighted by Crippen LogP contribution is 2.22. The fourth-order valence-corrected chi connectivity index (χ4v) is 2.09. The Morgan fingerprint density at radius 3 is 2.80 bits per heavy atom. The predicted octanol–water partition coefficient (Wildman–Crippen LogP) is 1.41. The van der Waals surface area contributed by atoms with Gasteiger partial charge in [0, 0.05) is 25.4 Å². The smallest absolute Gasteiger partial charge is 0.153 e. The molecule has 15 heavy (non-hydrogen) atoms. The lowest BCUT2D eigenvalue weighted by atomic mass is 9.99. The Morgan fingerprint density at radius 1 is 1.47 bits per heavy atom. The number of nitrogens with one attached hydrogen (secondary N) is 1. The Hall–Kier alpha value is -0.900. The lowest BCUT2D eigenvalue weighted by molar-refractivity contribution is 0.434. The zero-order valence-corrected chi connectivity index (χ0v) is 9.82. The number of aromatic nitrogens is 3. The van der Waals surface area contributed by atoms with E-state index in [1.54, 1.807) is 0 Å². The summed E-state index contributed by atoms with van der Waals surface area (Å²) in [6.45, 7) is 6.46. The van der Waals surface area contributed by atoms with E-state index in [1.165, 1.54) is 12.8 Å². The van der Waals surface area contributed by atoms with Crippen molar-refractivity contribution in [3.05, 3.63) is 11.6 Å². The molecule has 84 valence electrons. The molecule has 0 saturated carbocycles. The summed E-state index contributed by atoms with van der Waals surface area (Å²) in [6, 6.07) is 0. The fourth-order valence-electron chi connectivity index (χ4n) is 2.09. The molecule has 1 fully saturated rings. The first-order valence-corrected chi connectivity index (χ1v) is 5.80. The summed E-state index contributed by atoms with van der Waals surface area (Å²) in [7, 11) is 2.00. The second-order valence-corrected chi connectivity index (χ2v) is 4.65. The first-order chi connectivity index (χ1) is 7.18. The SMILES string of the molecule is CC(C)c1nc(C2CCCNC2)n(C)n1. The predicted molar refractivity (Wildman–Crippen MR) is 59.9 cm³/mol. The largest absolute Gasteiger partial charge is 0.316 e. The molecule has 1 atom stereocenters. The van der Waals surface area contributed by atoms with Crippen molar-refractivity contribution < 1.29 is 0 Å². The summed E-state index contributed by atoms with van der Waals surface area (Å²) in [6.07, 6.45) is 2.48. The lowest BCUT2D eigenvalue weighted by Crippen LogP contribution is -2.29. The number of rotatable bonds is 2. The Labute approximate surface area is 91.1 Å². The summed E-state index contributed by atoms with van der Waals surface area (Å²) < 4.78 is 1.95. The molecule has 1 saturated heterocycles. The molecular formula is C11H20N4. The highest BCUT2D eigenvalue weighted by atomic mass is 15.3. The molecule has 1 aliphatic heterocycles. The minimum absolute atomic E-state index is 0.418. The number of piperidine rings is 1. The van der Waals surface area contributed by atoms with E-state index in [1.807, 2.05) is 11.7 Å². The third-order valence-electron chi connectivity index (χ3n) is 2.99. The van der Waals surface area contributed by atoms with Gasteiger partial charge in [-0.2, -0.15) is 5.10 Å². The Kier molecular flexibility index (Phi) is 3.05. The molecule has 0 aliphatic carbocycles. The van der Waals surface area contributed by atoms with E-state index in [9.17, 15) is 0 Å². The van der Waals surface area contributed by atoms with Gasteiger partial charge in [-0.05, 0) is 19.4 Å². The molecule has 4 heteroatoms. The average molecular weight is 208 g/mol. The van der Waals surface area contributed by atoms with Crippen molar-refractivity contribution in [3.63, 3.8) is 0 Å². The quantitative estimate of drug-likeness (QED) is 0.799. The highest BCUT2D eigenvalue weighted by Gasteiger charge is 2.21. The van der Waals surface area contributed by atoms with E-state index in [0.717, 1.165) is 24.7 Å². The van der Waals surface area contributed by atoms with Gasteiger partial charge in [0.2, 0.25) is 0 Å². The van der Waals surface area contributed by atoms with Crippen LogP contribution in [0.15, 0.2) is 0 Å². The van der Waals surface area contributed by atoms with Gasteiger partial charge < -0.3 is 5.32 Å². The van der Waals surface area contributed by atoms with E-state index in [0.29, 0.717) is 11.8 Å². The van der Waals surface area contributed by atoms with Gasteiger partial charge in [0.25, 0.3) is 0 Å². The van der Waals surface area contributed by atoms with Gasteiger partial charge in [-0.1, -0.05) is 13.8 Å². The third kappa shape index (κ3) is 2.20. The second-order valence-electron chi connectivity index (χ2n) is 4.65. The number of nitrogens with zero attached hydrogens (tertiary/aromatic N) is 3. The van der Waals surface area contributed by atoms with Crippen molar-refractivity contribution >= 4 is 0 Å². The highest BCUT2D eigenvalue weighted by molar-refractivity contribution is 5.04. The molecule has 1 aromatic heterocycles. The van der Waals surface area contributed by atoms with Gasteiger partial charge in [0.05, 0.1) is 0 Å². The van der Waals surface area contributed by atoms with Gasteiger partial charge in [-0.25, -0.2) is 4.98 Å². The van der Waals surface area contributed by atoms with Crippen molar-refractivity contribution in [2.24, 2.45) is 7.05 Å². The molecule has 0 bridgehead atoms. The van der Waals surface area contributed by atoms with Crippen LogP contribution in [0, 0.1) is 0 Å². The monoisotopic (exact) mass is 208 g/mol. The fraction of sp³-hybridized carbons (Fsp3) is 0.818. The molecular weight excluding hydrogens is 188 g/mol. The second kappa shape index (κ2) is 4.31. The molecule has 0 spiro atoms. The van der Waals surface area contributed by atoms with E-state index in [-0.39, 0.29) is 0 Å². The maximum atomic E-state index is 4.64. The van der Waals surface area contributed by atoms with Crippen LogP contribution in [0.4, 0.5) is 0 Å². The molecule has 1 aromatic rings. The van der Waals surface area contributed by atoms with Crippen molar-refractivity contribution in [1.82, 2.24) is 20.1 Å². The van der Waals surface area contributed by atoms with Crippen molar-refractivity contribution in [1.29, 1.82) is 0 Å². The minimum atomic E-state index is 0.418. The van der Waals surface area contributed by atoms with Crippen LogP contribution in [0.25, 0.3) is 0 Å². The number of aryl methyl sites for hydroxylation is 1. The summed E-state index contributed by atoms with van der Waals surface area (Å²) in [5, 5.41) is 7.88. The topological polar surface area (TPSA) is 42.7 Å². The molecule has 0 amide bonds. The van der Waals surface area contributed by atoms with Gasteiger partial charge in [0.1, 0.15) is 5.82 Å². The van der Waals surface area contributed by atoms with Crippen LogP contribution in [0.1, 0.15) is 50.2 Å². The van der Waals surface area contributed by atoms with E-state index < -0.39 is 0 Å². The zero-order chi connectivity index (χ0) is 10.8. The van der Waals surface area contributed by atoms with Crippen LogP contribution in [0.3, 0.4) is 0 Å². The van der Waals surface area contributed by atoms with Crippen molar-refractivity contribution in [2.75, 3.05) is 13.1 Å². The zero-order valence-electron chi connectivity index (χ0n) is 9.82. The Bertz CT molecular complexity index is 323.